The van der Waals surface area contributed by atoms with Gasteiger partial charge in [0.15, 0.2) is 0 Å². The first-order valence-electron chi connectivity index (χ1n) is 11.1. The number of benzene rings is 1. The molecule has 0 bridgehead atoms. The molecule has 0 saturated heterocycles. The predicted octanol–water partition coefficient (Wildman–Crippen LogP) is 4.43. The van der Waals surface area contributed by atoms with Crippen LogP contribution in [0.1, 0.15) is 24.6 Å². The first-order valence-corrected chi connectivity index (χ1v) is 11.1. The standard InChI is InChI=1S/C27H24N4O3/c1-27-12-5-4-6-20(27)14-19(11-13-27)26(34)29-24-10-9-18(16-28-24)17-31-23-8-3-2-7-21(23)22(30-31)15-25(32)33/h2-12,14,16H,13,15,17H2,1H3,(H,32,33)(H,28,29,34). The van der Waals surface area contributed by atoms with Crippen molar-refractivity contribution in [3.63, 3.8) is 0 Å². The van der Waals surface area contributed by atoms with Crippen molar-refractivity contribution in [1.82, 2.24) is 14.8 Å². The average Bonchev–Trinajstić information content (AvgIpc) is 3.16. The molecular formula is C27H24N4O3. The minimum atomic E-state index is -0.915. The molecule has 1 aromatic carbocycles. The summed E-state index contributed by atoms with van der Waals surface area (Å²) in [4.78, 5) is 28.4. The number of carboxylic acid groups (broad SMARTS) is 1. The van der Waals surface area contributed by atoms with Crippen LogP contribution >= 0.6 is 0 Å². The molecule has 7 heteroatoms. The van der Waals surface area contributed by atoms with E-state index in [0.29, 0.717) is 23.6 Å². The number of carbonyl (C=O) groups excluding carboxylic acids is 1. The number of nitrogens with one attached hydrogen (secondary N) is 1. The molecule has 2 aliphatic carbocycles. The van der Waals surface area contributed by atoms with Crippen molar-refractivity contribution in [3.05, 3.63) is 101 Å². The van der Waals surface area contributed by atoms with Crippen LogP contribution in [0.3, 0.4) is 0 Å². The van der Waals surface area contributed by atoms with E-state index in [1.807, 2.05) is 60.7 Å². The predicted molar refractivity (Wildman–Crippen MR) is 130 cm³/mol. The van der Waals surface area contributed by atoms with Crippen LogP contribution in [0.4, 0.5) is 5.82 Å². The van der Waals surface area contributed by atoms with Gasteiger partial charge >= 0.3 is 5.97 Å². The maximum Gasteiger partial charge on any atom is 0.309 e. The minimum Gasteiger partial charge on any atom is -0.481 e. The number of hydrogen-bond donors (Lipinski definition) is 2. The van der Waals surface area contributed by atoms with E-state index in [2.05, 4.69) is 28.4 Å². The Hall–Kier alpha value is -4.26. The highest BCUT2D eigenvalue weighted by molar-refractivity contribution is 6.05. The van der Waals surface area contributed by atoms with Crippen LogP contribution in [0.15, 0.2) is 90.2 Å². The second-order valence-corrected chi connectivity index (χ2v) is 8.80. The van der Waals surface area contributed by atoms with Crippen LogP contribution in [-0.4, -0.2) is 31.7 Å². The van der Waals surface area contributed by atoms with Crippen molar-refractivity contribution >= 4 is 28.6 Å². The summed E-state index contributed by atoms with van der Waals surface area (Å²) in [5.41, 5.74) is 3.99. The van der Waals surface area contributed by atoms with Gasteiger partial charge in [0.2, 0.25) is 0 Å². The molecule has 0 fully saturated rings. The van der Waals surface area contributed by atoms with E-state index >= 15 is 0 Å². The van der Waals surface area contributed by atoms with Crippen LogP contribution in [0, 0.1) is 5.41 Å². The monoisotopic (exact) mass is 452 g/mol. The summed E-state index contributed by atoms with van der Waals surface area (Å²) in [7, 11) is 0. The zero-order chi connectivity index (χ0) is 23.7. The number of fused-ring (bicyclic) bond motifs is 2. The Morgan fingerprint density at radius 1 is 1.18 bits per heavy atom. The van der Waals surface area contributed by atoms with Gasteiger partial charge in [-0.25, -0.2) is 4.98 Å². The molecule has 0 aliphatic heterocycles. The Balaban J connectivity index is 1.29. The molecule has 5 rings (SSSR count). The minimum absolute atomic E-state index is 0.0561. The van der Waals surface area contributed by atoms with Crippen LogP contribution in [-0.2, 0) is 22.6 Å². The maximum absolute atomic E-state index is 12.8. The summed E-state index contributed by atoms with van der Waals surface area (Å²) < 4.78 is 1.78. The summed E-state index contributed by atoms with van der Waals surface area (Å²) in [6.45, 7) is 2.61. The van der Waals surface area contributed by atoms with Crippen molar-refractivity contribution < 1.29 is 14.7 Å². The Labute approximate surface area is 196 Å². The van der Waals surface area contributed by atoms with E-state index in [1.165, 1.54) is 0 Å². The van der Waals surface area contributed by atoms with Gasteiger partial charge in [0.05, 0.1) is 24.2 Å². The third-order valence-corrected chi connectivity index (χ3v) is 6.28. The molecule has 7 nitrogen and oxygen atoms in total. The maximum atomic E-state index is 12.8. The molecule has 1 unspecified atom stereocenters. The van der Waals surface area contributed by atoms with E-state index < -0.39 is 5.97 Å². The average molecular weight is 453 g/mol. The summed E-state index contributed by atoms with van der Waals surface area (Å²) in [5.74, 6) is -0.631. The number of hydrogen-bond acceptors (Lipinski definition) is 4. The summed E-state index contributed by atoms with van der Waals surface area (Å²) in [6.07, 6.45) is 14.5. The number of pyridine rings is 1. The van der Waals surface area contributed by atoms with Gasteiger partial charge in [-0.1, -0.05) is 61.6 Å². The molecule has 1 atom stereocenters. The number of carboxylic acids is 1. The topological polar surface area (TPSA) is 97.1 Å². The van der Waals surface area contributed by atoms with Gasteiger partial charge in [-0.05, 0) is 35.8 Å². The summed E-state index contributed by atoms with van der Waals surface area (Å²) in [6, 6.07) is 11.2. The summed E-state index contributed by atoms with van der Waals surface area (Å²) >= 11 is 0. The molecule has 3 aromatic rings. The molecule has 170 valence electrons. The lowest BCUT2D eigenvalue weighted by atomic mass is 9.73. The number of allylic oxidation sites excluding steroid dienone is 6. The third kappa shape index (κ3) is 4.20. The Morgan fingerprint density at radius 2 is 2.03 bits per heavy atom. The number of anilines is 1. The van der Waals surface area contributed by atoms with E-state index in [4.69, 9.17) is 0 Å². The smallest absolute Gasteiger partial charge is 0.309 e. The highest BCUT2D eigenvalue weighted by Crippen LogP contribution is 2.40. The van der Waals surface area contributed by atoms with Crippen molar-refractivity contribution in [3.8, 4) is 0 Å². The molecule has 1 amide bonds. The van der Waals surface area contributed by atoms with E-state index in [0.717, 1.165) is 28.5 Å². The molecule has 34 heavy (non-hydrogen) atoms. The number of aromatic nitrogens is 3. The molecular weight excluding hydrogens is 428 g/mol. The number of amides is 1. The molecule has 2 aromatic heterocycles. The van der Waals surface area contributed by atoms with Gasteiger partial charge in [-0.3, -0.25) is 14.3 Å². The lowest BCUT2D eigenvalue weighted by Gasteiger charge is -2.31. The Kier molecular flexibility index (Phi) is 5.45. The van der Waals surface area contributed by atoms with Crippen LogP contribution < -0.4 is 5.32 Å². The number of carbonyl (C=O) groups is 2. The van der Waals surface area contributed by atoms with Gasteiger partial charge in [0, 0.05) is 22.6 Å². The van der Waals surface area contributed by atoms with Gasteiger partial charge in [-0.15, -0.1) is 0 Å². The third-order valence-electron chi connectivity index (χ3n) is 6.28. The molecule has 2 heterocycles. The van der Waals surface area contributed by atoms with Crippen LogP contribution in [0.5, 0.6) is 0 Å². The first-order chi connectivity index (χ1) is 16.4. The second-order valence-electron chi connectivity index (χ2n) is 8.80. The van der Waals surface area contributed by atoms with E-state index in [9.17, 15) is 14.7 Å². The zero-order valence-electron chi connectivity index (χ0n) is 18.7. The normalized spacial score (nSPS) is 18.9. The first kappa shape index (κ1) is 21.6. The number of aliphatic carboxylic acids is 1. The number of nitrogens with zero attached hydrogens (tertiary/aromatic N) is 3. The van der Waals surface area contributed by atoms with Crippen molar-refractivity contribution in [1.29, 1.82) is 0 Å². The van der Waals surface area contributed by atoms with E-state index in [-0.39, 0.29) is 17.7 Å². The lowest BCUT2D eigenvalue weighted by Crippen LogP contribution is -2.23. The van der Waals surface area contributed by atoms with Crippen LogP contribution in [0.2, 0.25) is 0 Å². The van der Waals surface area contributed by atoms with Gasteiger partial charge in [0.1, 0.15) is 5.82 Å². The van der Waals surface area contributed by atoms with E-state index in [1.54, 1.807) is 16.9 Å². The van der Waals surface area contributed by atoms with Crippen molar-refractivity contribution in [2.75, 3.05) is 5.32 Å². The number of rotatable bonds is 6. The SMILES string of the molecule is CC12C=CC=CC1=CC(C(=O)Nc1ccc(Cn3nc(CC(=O)O)c4ccccc43)cn1)=CC2. The fourth-order valence-corrected chi connectivity index (χ4v) is 4.36. The fraction of sp³-hybridized carbons (Fsp3) is 0.185. The zero-order valence-corrected chi connectivity index (χ0v) is 18.7. The number of para-hydroxylation sites is 1. The van der Waals surface area contributed by atoms with Crippen LogP contribution in [0.25, 0.3) is 10.9 Å². The van der Waals surface area contributed by atoms with Gasteiger partial charge in [0.25, 0.3) is 5.91 Å². The Bertz CT molecular complexity index is 1410. The fourth-order valence-electron chi connectivity index (χ4n) is 4.36. The highest BCUT2D eigenvalue weighted by Gasteiger charge is 2.29. The molecule has 0 spiro atoms. The molecule has 0 radical (unpaired) electrons. The van der Waals surface area contributed by atoms with Crippen molar-refractivity contribution in [2.45, 2.75) is 26.3 Å². The summed E-state index contributed by atoms with van der Waals surface area (Å²) in [5, 5.41) is 17.4. The van der Waals surface area contributed by atoms with Crippen molar-refractivity contribution in [2.24, 2.45) is 5.41 Å². The van der Waals surface area contributed by atoms with Gasteiger partial charge < -0.3 is 10.4 Å². The highest BCUT2D eigenvalue weighted by atomic mass is 16.4. The molecule has 2 N–H and O–H groups in total. The lowest BCUT2D eigenvalue weighted by molar-refractivity contribution is -0.136. The van der Waals surface area contributed by atoms with Gasteiger partial charge in [-0.2, -0.15) is 5.10 Å². The quantitative estimate of drug-likeness (QED) is 0.577. The second kappa shape index (κ2) is 8.59. The molecule has 2 aliphatic rings. The molecule has 0 saturated carbocycles. The Morgan fingerprint density at radius 3 is 2.82 bits per heavy atom. The largest absolute Gasteiger partial charge is 0.481 e.